The van der Waals surface area contributed by atoms with Crippen LogP contribution in [0.1, 0.15) is 18.1 Å². The molecule has 1 aromatic carbocycles. The summed E-state index contributed by atoms with van der Waals surface area (Å²) in [5, 5.41) is 20.8. The summed E-state index contributed by atoms with van der Waals surface area (Å²) in [7, 11) is 0. The zero-order valence-corrected chi connectivity index (χ0v) is 10.7. The molecule has 0 aliphatic carbocycles. The Morgan fingerprint density at radius 3 is 2.83 bits per heavy atom. The summed E-state index contributed by atoms with van der Waals surface area (Å²) in [6.45, 7) is 0.532. The van der Waals surface area contributed by atoms with Crippen LogP contribution < -0.4 is 5.32 Å². The van der Waals surface area contributed by atoms with Crippen molar-refractivity contribution in [3.05, 3.63) is 29.3 Å². The molecule has 0 aromatic heterocycles. The third-order valence-corrected chi connectivity index (χ3v) is 3.04. The minimum atomic E-state index is -1.60. The molecular formula is C12H13FN2O2S. The molecule has 4 nitrogen and oxygen atoms in total. The van der Waals surface area contributed by atoms with E-state index in [2.05, 4.69) is 17.9 Å². The monoisotopic (exact) mass is 268 g/mol. The van der Waals surface area contributed by atoms with Crippen LogP contribution in [0.25, 0.3) is 0 Å². The van der Waals surface area contributed by atoms with Crippen LogP contribution in [0.4, 0.5) is 10.1 Å². The van der Waals surface area contributed by atoms with Crippen molar-refractivity contribution in [1.82, 2.24) is 0 Å². The number of hydrogen-bond acceptors (Lipinski definition) is 4. The van der Waals surface area contributed by atoms with E-state index in [1.807, 2.05) is 6.07 Å². The average Bonchev–Trinajstić information content (AvgIpc) is 2.38. The largest absolute Gasteiger partial charge is 0.379 e. The zero-order valence-electron chi connectivity index (χ0n) is 9.77. The van der Waals surface area contributed by atoms with Crippen molar-refractivity contribution in [1.29, 1.82) is 5.26 Å². The molecule has 18 heavy (non-hydrogen) atoms. The molecule has 2 N–H and O–H groups in total. The number of benzene rings is 1. The maximum atomic E-state index is 12.7. The smallest absolute Gasteiger partial charge is 0.256 e. The molecule has 0 bridgehead atoms. The molecule has 0 saturated carbocycles. The van der Waals surface area contributed by atoms with Crippen LogP contribution in [0.5, 0.6) is 0 Å². The number of carbonyl (C=O) groups excluding carboxylic acids is 1. The van der Waals surface area contributed by atoms with Crippen molar-refractivity contribution in [3.63, 3.8) is 0 Å². The minimum absolute atomic E-state index is 0.0366. The number of hydrogen-bond donors (Lipinski definition) is 3. The predicted molar refractivity (Wildman–Crippen MR) is 69.1 cm³/mol. The normalized spacial score (nSPS) is 13.5. The fourth-order valence-corrected chi connectivity index (χ4v) is 1.37. The van der Waals surface area contributed by atoms with Gasteiger partial charge in [-0.15, -0.1) is 0 Å². The van der Waals surface area contributed by atoms with Gasteiger partial charge in [-0.1, -0.05) is 0 Å². The minimum Gasteiger partial charge on any atom is -0.379 e. The molecule has 96 valence electrons. The predicted octanol–water partition coefficient (Wildman–Crippen LogP) is 1.65. The van der Waals surface area contributed by atoms with Gasteiger partial charge in [0.2, 0.25) is 0 Å². The lowest BCUT2D eigenvalue weighted by atomic mass is 10.1. The summed E-state index contributed by atoms with van der Waals surface area (Å²) in [5.74, 6) is -0.669. The van der Waals surface area contributed by atoms with E-state index in [4.69, 9.17) is 5.26 Å². The summed E-state index contributed by atoms with van der Waals surface area (Å²) in [6.07, 6.45) is 0. The number of amides is 1. The van der Waals surface area contributed by atoms with Gasteiger partial charge in [-0.2, -0.15) is 17.9 Å². The van der Waals surface area contributed by atoms with Gasteiger partial charge in [0.15, 0.2) is 0 Å². The molecule has 1 aromatic rings. The summed E-state index contributed by atoms with van der Waals surface area (Å²) in [4.78, 5) is 11.7. The van der Waals surface area contributed by atoms with Gasteiger partial charge in [0.25, 0.3) is 5.91 Å². The second-order valence-corrected chi connectivity index (χ2v) is 4.32. The second kappa shape index (κ2) is 5.85. The van der Waals surface area contributed by atoms with E-state index in [9.17, 15) is 14.3 Å². The molecule has 1 unspecified atom stereocenters. The first-order chi connectivity index (χ1) is 8.44. The molecule has 0 radical (unpaired) electrons. The number of nitrogens with one attached hydrogen (secondary N) is 1. The van der Waals surface area contributed by atoms with E-state index in [0.717, 1.165) is 0 Å². The molecule has 0 heterocycles. The lowest BCUT2D eigenvalue weighted by molar-refractivity contribution is -0.130. The summed E-state index contributed by atoms with van der Waals surface area (Å²) >= 11 is 3.86. The lowest BCUT2D eigenvalue weighted by Crippen LogP contribution is -2.41. The molecule has 0 aliphatic heterocycles. The van der Waals surface area contributed by atoms with Crippen molar-refractivity contribution in [3.8, 4) is 6.07 Å². The Balaban J connectivity index is 2.94. The number of alkyl halides is 1. The van der Waals surface area contributed by atoms with Crippen LogP contribution in [0, 0.1) is 11.3 Å². The van der Waals surface area contributed by atoms with Crippen LogP contribution in [0.15, 0.2) is 18.2 Å². The van der Waals surface area contributed by atoms with Gasteiger partial charge < -0.3 is 10.4 Å². The lowest BCUT2D eigenvalue weighted by Gasteiger charge is -2.19. The fraction of sp³-hybridized carbons (Fsp3) is 0.333. The number of anilines is 1. The van der Waals surface area contributed by atoms with Crippen molar-refractivity contribution in [2.24, 2.45) is 0 Å². The number of carbonyl (C=O) groups is 1. The van der Waals surface area contributed by atoms with Crippen LogP contribution in [-0.2, 0) is 11.5 Å². The van der Waals surface area contributed by atoms with Crippen molar-refractivity contribution < 1.29 is 14.3 Å². The Morgan fingerprint density at radius 2 is 2.33 bits per heavy atom. The maximum absolute atomic E-state index is 12.7. The van der Waals surface area contributed by atoms with Crippen LogP contribution in [0.3, 0.4) is 0 Å². The number of nitriles is 1. The SMILES string of the molecule is CC(O)(CS)C(=O)Nc1ccc(C#N)c(CF)c1. The summed E-state index contributed by atoms with van der Waals surface area (Å²) in [6, 6.07) is 6.11. The number of aliphatic hydroxyl groups is 1. The number of halogens is 1. The van der Waals surface area contributed by atoms with Gasteiger partial charge in [0, 0.05) is 17.0 Å². The Morgan fingerprint density at radius 1 is 1.67 bits per heavy atom. The van der Waals surface area contributed by atoms with Crippen molar-refractivity contribution in [2.75, 3.05) is 11.1 Å². The summed E-state index contributed by atoms with van der Waals surface area (Å²) < 4.78 is 12.7. The average molecular weight is 268 g/mol. The topological polar surface area (TPSA) is 73.1 Å². The number of thiol groups is 1. The highest BCUT2D eigenvalue weighted by Crippen LogP contribution is 2.18. The van der Waals surface area contributed by atoms with E-state index in [0.29, 0.717) is 5.69 Å². The molecule has 1 rings (SSSR count). The first-order valence-corrected chi connectivity index (χ1v) is 5.81. The van der Waals surface area contributed by atoms with E-state index in [-0.39, 0.29) is 16.9 Å². The first-order valence-electron chi connectivity index (χ1n) is 5.18. The van der Waals surface area contributed by atoms with Gasteiger partial charge in [-0.25, -0.2) is 4.39 Å². The zero-order chi connectivity index (χ0) is 13.8. The molecular weight excluding hydrogens is 255 g/mol. The highest BCUT2D eigenvalue weighted by atomic mass is 32.1. The Labute approximate surface area is 110 Å². The van der Waals surface area contributed by atoms with Crippen LogP contribution >= 0.6 is 12.6 Å². The van der Waals surface area contributed by atoms with Crippen molar-refractivity contribution >= 4 is 24.2 Å². The van der Waals surface area contributed by atoms with E-state index < -0.39 is 18.2 Å². The molecule has 1 amide bonds. The maximum Gasteiger partial charge on any atom is 0.256 e. The summed E-state index contributed by atoms with van der Waals surface area (Å²) in [5.41, 5.74) is -0.863. The van der Waals surface area contributed by atoms with Crippen LogP contribution in [0.2, 0.25) is 0 Å². The van der Waals surface area contributed by atoms with Crippen molar-refractivity contribution in [2.45, 2.75) is 19.2 Å². The highest BCUT2D eigenvalue weighted by molar-refractivity contribution is 7.80. The van der Waals surface area contributed by atoms with Gasteiger partial charge in [0.05, 0.1) is 11.6 Å². The molecule has 6 heteroatoms. The third kappa shape index (κ3) is 3.22. The van der Waals surface area contributed by atoms with Gasteiger partial charge in [0.1, 0.15) is 12.3 Å². The quantitative estimate of drug-likeness (QED) is 0.727. The number of nitrogens with zero attached hydrogens (tertiary/aromatic N) is 1. The number of rotatable bonds is 4. The van der Waals surface area contributed by atoms with E-state index in [1.54, 1.807) is 0 Å². The highest BCUT2D eigenvalue weighted by Gasteiger charge is 2.28. The van der Waals surface area contributed by atoms with E-state index >= 15 is 0 Å². The third-order valence-electron chi connectivity index (χ3n) is 2.42. The van der Waals surface area contributed by atoms with Crippen LogP contribution in [-0.4, -0.2) is 22.4 Å². The molecule has 0 saturated heterocycles. The molecule has 0 spiro atoms. The standard InChI is InChI=1S/C12H13FN2O2S/c1-12(17,7-18)11(16)15-10-3-2-8(6-14)9(4-10)5-13/h2-4,17-18H,5,7H2,1H3,(H,15,16). The van der Waals surface area contributed by atoms with Gasteiger partial charge in [-0.05, 0) is 25.1 Å². The Kier molecular flexibility index (Phi) is 4.70. The molecule has 0 fully saturated rings. The van der Waals surface area contributed by atoms with Gasteiger partial charge >= 0.3 is 0 Å². The fourth-order valence-electron chi connectivity index (χ4n) is 1.23. The molecule has 1 atom stereocenters. The second-order valence-electron chi connectivity index (χ2n) is 4.00. The Hall–Kier alpha value is -1.58. The van der Waals surface area contributed by atoms with E-state index in [1.165, 1.54) is 25.1 Å². The first kappa shape index (κ1) is 14.5. The Bertz CT molecular complexity index is 497. The molecule has 0 aliphatic rings. The van der Waals surface area contributed by atoms with Gasteiger partial charge in [-0.3, -0.25) is 4.79 Å².